The molecule has 106 valence electrons. The van der Waals surface area contributed by atoms with Crippen LogP contribution in [0.25, 0.3) is 0 Å². The van der Waals surface area contributed by atoms with E-state index in [1.54, 1.807) is 0 Å². The minimum absolute atomic E-state index is 0.150. The lowest BCUT2D eigenvalue weighted by molar-refractivity contribution is 0.477. The van der Waals surface area contributed by atoms with Crippen LogP contribution in [0.5, 0.6) is 5.75 Å². The van der Waals surface area contributed by atoms with Gasteiger partial charge in [-0.25, -0.2) is 17.2 Å². The van der Waals surface area contributed by atoms with Gasteiger partial charge < -0.3 is 5.11 Å². The minimum Gasteiger partial charge on any atom is -0.506 e. The normalized spacial score (nSPS) is 11.3. The second-order valence-electron chi connectivity index (χ2n) is 3.84. The molecule has 4 nitrogen and oxygen atoms in total. The predicted octanol–water partition coefficient (Wildman–Crippen LogP) is 3.23. The van der Waals surface area contributed by atoms with Crippen molar-refractivity contribution in [2.24, 2.45) is 0 Å². The highest BCUT2D eigenvalue weighted by Crippen LogP contribution is 2.29. The summed E-state index contributed by atoms with van der Waals surface area (Å²) in [6.45, 7) is 0. The molecular weight excluding hydrogens is 356 g/mol. The fourth-order valence-corrected chi connectivity index (χ4v) is 2.99. The molecule has 20 heavy (non-hydrogen) atoms. The van der Waals surface area contributed by atoms with E-state index in [-0.39, 0.29) is 11.4 Å². The van der Waals surface area contributed by atoms with E-state index in [2.05, 4.69) is 15.9 Å². The predicted molar refractivity (Wildman–Crippen MR) is 73.0 cm³/mol. The number of hydrogen-bond acceptors (Lipinski definition) is 3. The molecule has 0 fully saturated rings. The third-order valence-corrected chi connectivity index (χ3v) is 4.26. The van der Waals surface area contributed by atoms with E-state index in [1.165, 1.54) is 18.2 Å². The smallest absolute Gasteiger partial charge is 0.265 e. The van der Waals surface area contributed by atoms with E-state index < -0.39 is 26.6 Å². The molecule has 0 atom stereocenters. The van der Waals surface area contributed by atoms with Crippen molar-refractivity contribution in [3.05, 3.63) is 52.5 Å². The van der Waals surface area contributed by atoms with Gasteiger partial charge in [0.25, 0.3) is 10.0 Å². The van der Waals surface area contributed by atoms with Gasteiger partial charge in [0, 0.05) is 4.47 Å². The fourth-order valence-electron chi connectivity index (χ4n) is 1.47. The number of sulfonamides is 1. The number of nitrogens with one attached hydrogen (secondary N) is 1. The number of rotatable bonds is 3. The Kier molecular flexibility index (Phi) is 3.96. The molecule has 0 bridgehead atoms. The molecular formula is C12H8BrF2NO3S. The minimum atomic E-state index is -4.35. The van der Waals surface area contributed by atoms with Gasteiger partial charge in [-0.3, -0.25) is 4.72 Å². The molecule has 2 aromatic rings. The zero-order chi connectivity index (χ0) is 14.9. The van der Waals surface area contributed by atoms with Crippen LogP contribution in [0, 0.1) is 11.6 Å². The summed E-state index contributed by atoms with van der Waals surface area (Å²) in [6, 6.07) is 6.13. The van der Waals surface area contributed by atoms with Crippen molar-refractivity contribution in [3.63, 3.8) is 0 Å². The van der Waals surface area contributed by atoms with Crippen molar-refractivity contribution in [1.82, 2.24) is 0 Å². The van der Waals surface area contributed by atoms with Crippen LogP contribution in [0.1, 0.15) is 0 Å². The number of anilines is 1. The maximum Gasteiger partial charge on any atom is 0.265 e. The van der Waals surface area contributed by atoms with Crippen LogP contribution >= 0.6 is 15.9 Å². The van der Waals surface area contributed by atoms with Gasteiger partial charge in [0.1, 0.15) is 22.3 Å². The van der Waals surface area contributed by atoms with Crippen molar-refractivity contribution in [2.75, 3.05) is 4.72 Å². The Morgan fingerprint density at radius 1 is 1.10 bits per heavy atom. The highest BCUT2D eigenvalue weighted by molar-refractivity contribution is 9.10. The lowest BCUT2D eigenvalue weighted by atomic mass is 10.3. The number of aromatic hydroxyl groups is 1. The first-order valence-electron chi connectivity index (χ1n) is 5.26. The van der Waals surface area contributed by atoms with Crippen molar-refractivity contribution in [1.29, 1.82) is 0 Å². The first-order chi connectivity index (χ1) is 9.29. The van der Waals surface area contributed by atoms with Gasteiger partial charge in [-0.05, 0) is 36.4 Å². The number of benzene rings is 2. The van der Waals surface area contributed by atoms with Crippen LogP contribution in [0.3, 0.4) is 0 Å². The number of phenols is 1. The summed E-state index contributed by atoms with van der Waals surface area (Å²) < 4.78 is 53.0. The van der Waals surface area contributed by atoms with E-state index in [0.717, 1.165) is 6.07 Å². The summed E-state index contributed by atoms with van der Waals surface area (Å²) in [4.78, 5) is -0.836. The first-order valence-corrected chi connectivity index (χ1v) is 7.53. The molecule has 2 rings (SSSR count). The molecule has 0 aliphatic carbocycles. The van der Waals surface area contributed by atoms with E-state index in [1.807, 2.05) is 4.72 Å². The van der Waals surface area contributed by atoms with Crippen LogP contribution in [0.2, 0.25) is 0 Å². The Morgan fingerprint density at radius 2 is 1.80 bits per heavy atom. The summed E-state index contributed by atoms with van der Waals surface area (Å²) >= 11 is 3.11. The molecule has 0 spiro atoms. The molecule has 0 saturated heterocycles. The van der Waals surface area contributed by atoms with Gasteiger partial charge in [0.15, 0.2) is 0 Å². The number of hydrogen-bond donors (Lipinski definition) is 2. The van der Waals surface area contributed by atoms with Crippen LogP contribution < -0.4 is 4.72 Å². The standard InChI is InChI=1S/C12H8BrF2NO3S/c13-7-1-4-11(17)10(5-7)16-20(18,19)12-6-8(14)2-3-9(12)15/h1-6,16-17H. The summed E-state index contributed by atoms with van der Waals surface area (Å²) in [7, 11) is -4.35. The molecule has 0 aromatic heterocycles. The molecule has 0 aliphatic rings. The maximum atomic E-state index is 13.5. The number of halogens is 3. The maximum absolute atomic E-state index is 13.5. The van der Waals surface area contributed by atoms with Crippen LogP contribution in [0.15, 0.2) is 45.8 Å². The summed E-state index contributed by atoms with van der Waals surface area (Å²) in [5.41, 5.74) is -0.150. The first kappa shape index (κ1) is 14.7. The van der Waals surface area contributed by atoms with Gasteiger partial charge in [0.2, 0.25) is 0 Å². The van der Waals surface area contributed by atoms with Crippen molar-refractivity contribution in [3.8, 4) is 5.75 Å². The fraction of sp³-hybridized carbons (Fsp3) is 0. The SMILES string of the molecule is O=S(=O)(Nc1cc(Br)ccc1O)c1cc(F)ccc1F. The Balaban J connectivity index is 2.46. The Bertz CT molecular complexity index is 765. The highest BCUT2D eigenvalue weighted by Gasteiger charge is 2.21. The quantitative estimate of drug-likeness (QED) is 0.822. The van der Waals surface area contributed by atoms with Gasteiger partial charge in [-0.2, -0.15) is 0 Å². The van der Waals surface area contributed by atoms with E-state index in [0.29, 0.717) is 16.6 Å². The molecule has 2 N–H and O–H groups in total. The molecule has 0 amide bonds. The molecule has 0 aliphatic heterocycles. The molecule has 0 saturated carbocycles. The molecule has 0 unspecified atom stereocenters. The van der Waals surface area contributed by atoms with Gasteiger partial charge in [-0.1, -0.05) is 15.9 Å². The average Bonchev–Trinajstić information content (AvgIpc) is 2.36. The monoisotopic (exact) mass is 363 g/mol. The van der Waals surface area contributed by atoms with Gasteiger partial charge in [0.05, 0.1) is 5.69 Å². The van der Waals surface area contributed by atoms with Gasteiger partial charge in [-0.15, -0.1) is 0 Å². The summed E-state index contributed by atoms with van der Waals surface area (Å²) in [6.07, 6.45) is 0. The van der Waals surface area contributed by atoms with Crippen molar-refractivity contribution in [2.45, 2.75) is 4.90 Å². The third-order valence-electron chi connectivity index (χ3n) is 2.39. The second kappa shape index (κ2) is 5.37. The Morgan fingerprint density at radius 3 is 2.50 bits per heavy atom. The van der Waals surface area contributed by atoms with Crippen LogP contribution in [-0.2, 0) is 10.0 Å². The van der Waals surface area contributed by atoms with Crippen LogP contribution in [-0.4, -0.2) is 13.5 Å². The molecule has 0 heterocycles. The van der Waals surface area contributed by atoms with Crippen molar-refractivity contribution < 1.29 is 22.3 Å². The zero-order valence-corrected chi connectivity index (χ0v) is 12.2. The van der Waals surface area contributed by atoms with E-state index >= 15 is 0 Å². The highest BCUT2D eigenvalue weighted by atomic mass is 79.9. The summed E-state index contributed by atoms with van der Waals surface area (Å²) in [5.74, 6) is -2.31. The second-order valence-corrected chi connectivity index (χ2v) is 6.41. The Hall–Kier alpha value is -1.67. The zero-order valence-electron chi connectivity index (χ0n) is 9.77. The molecule has 2 aromatic carbocycles. The van der Waals surface area contributed by atoms with Gasteiger partial charge >= 0.3 is 0 Å². The third kappa shape index (κ3) is 3.07. The van der Waals surface area contributed by atoms with E-state index in [4.69, 9.17) is 0 Å². The summed E-state index contributed by atoms with van der Waals surface area (Å²) in [5, 5.41) is 9.55. The lowest BCUT2D eigenvalue weighted by Gasteiger charge is -2.10. The molecule has 0 radical (unpaired) electrons. The average molecular weight is 364 g/mol. The van der Waals surface area contributed by atoms with E-state index in [9.17, 15) is 22.3 Å². The lowest BCUT2D eigenvalue weighted by Crippen LogP contribution is -2.15. The topological polar surface area (TPSA) is 66.4 Å². The Labute approximate surface area is 122 Å². The molecule has 8 heteroatoms. The largest absolute Gasteiger partial charge is 0.506 e. The van der Waals surface area contributed by atoms with Crippen molar-refractivity contribution >= 4 is 31.6 Å². The van der Waals surface area contributed by atoms with Crippen LogP contribution in [0.4, 0.5) is 14.5 Å². The number of phenolic OH excluding ortho intramolecular Hbond substituents is 1.